The van der Waals surface area contributed by atoms with Crippen LogP contribution in [0, 0.1) is 0 Å². The van der Waals surface area contributed by atoms with E-state index in [0.29, 0.717) is 0 Å². The normalized spacial score (nSPS) is 20.2. The van der Waals surface area contributed by atoms with Gasteiger partial charge in [-0.1, -0.05) is 6.92 Å². The van der Waals surface area contributed by atoms with Gasteiger partial charge in [0.25, 0.3) is 0 Å². The molecular weight excluding hydrogens is 308 g/mol. The molecule has 1 aromatic heterocycles. The van der Waals surface area contributed by atoms with E-state index in [4.69, 9.17) is 4.74 Å². The van der Waals surface area contributed by atoms with E-state index in [1.807, 2.05) is 0 Å². The fourth-order valence-corrected chi connectivity index (χ4v) is 2.73. The first-order valence-corrected chi connectivity index (χ1v) is 7.62. The van der Waals surface area contributed by atoms with Gasteiger partial charge in [0.1, 0.15) is 22.4 Å². The largest absolute Gasteiger partial charge is 0.377 e. The van der Waals surface area contributed by atoms with Crippen molar-refractivity contribution in [2.45, 2.75) is 32.8 Å². The van der Waals surface area contributed by atoms with Crippen molar-refractivity contribution in [2.24, 2.45) is 0 Å². The Labute approximate surface area is 122 Å². The molecule has 1 N–H and O–H groups in total. The molecule has 19 heavy (non-hydrogen) atoms. The van der Waals surface area contributed by atoms with Crippen molar-refractivity contribution < 1.29 is 4.74 Å². The zero-order chi connectivity index (χ0) is 13.7. The molecule has 0 aliphatic carbocycles. The third kappa shape index (κ3) is 3.79. The molecule has 1 aliphatic rings. The number of aromatic nitrogens is 2. The van der Waals surface area contributed by atoms with Gasteiger partial charge in [-0.2, -0.15) is 0 Å². The maximum Gasteiger partial charge on any atom is 0.148 e. The third-order valence-corrected chi connectivity index (χ3v) is 3.80. The van der Waals surface area contributed by atoms with Crippen LogP contribution in [0.4, 0.5) is 11.6 Å². The van der Waals surface area contributed by atoms with Crippen molar-refractivity contribution in [3.63, 3.8) is 0 Å². The van der Waals surface area contributed by atoms with E-state index in [1.54, 1.807) is 6.33 Å². The first-order valence-electron chi connectivity index (χ1n) is 6.83. The lowest BCUT2D eigenvalue weighted by Gasteiger charge is -2.24. The van der Waals surface area contributed by atoms with Gasteiger partial charge in [-0.3, -0.25) is 0 Å². The number of halogens is 1. The van der Waals surface area contributed by atoms with Gasteiger partial charge in [-0.25, -0.2) is 9.97 Å². The molecule has 6 heteroatoms. The monoisotopic (exact) mass is 328 g/mol. The predicted octanol–water partition coefficient (Wildman–Crippen LogP) is 2.68. The highest BCUT2D eigenvalue weighted by molar-refractivity contribution is 9.10. The van der Waals surface area contributed by atoms with Gasteiger partial charge in [0, 0.05) is 26.2 Å². The van der Waals surface area contributed by atoms with Crippen LogP contribution >= 0.6 is 15.9 Å². The van der Waals surface area contributed by atoms with E-state index < -0.39 is 0 Å². The molecule has 1 saturated heterocycles. The number of rotatable bonds is 4. The van der Waals surface area contributed by atoms with Crippen molar-refractivity contribution >= 4 is 27.6 Å². The molecule has 2 heterocycles. The van der Waals surface area contributed by atoms with Crippen molar-refractivity contribution in [2.75, 3.05) is 36.5 Å². The molecule has 106 valence electrons. The maximum absolute atomic E-state index is 5.67. The van der Waals surface area contributed by atoms with Crippen LogP contribution < -0.4 is 10.2 Å². The molecule has 1 unspecified atom stereocenters. The highest BCUT2D eigenvalue weighted by Gasteiger charge is 2.20. The van der Waals surface area contributed by atoms with Crippen molar-refractivity contribution in [1.82, 2.24) is 9.97 Å². The molecule has 0 bridgehead atoms. The van der Waals surface area contributed by atoms with E-state index in [0.717, 1.165) is 55.2 Å². The van der Waals surface area contributed by atoms with Crippen LogP contribution in [0.25, 0.3) is 0 Å². The number of nitrogens with one attached hydrogen (secondary N) is 1. The molecule has 5 nitrogen and oxygen atoms in total. The molecule has 0 amide bonds. The maximum atomic E-state index is 5.67. The van der Waals surface area contributed by atoms with E-state index in [1.165, 1.54) is 0 Å². The second-order valence-corrected chi connectivity index (χ2v) is 5.56. The summed E-state index contributed by atoms with van der Waals surface area (Å²) in [4.78, 5) is 11.0. The summed E-state index contributed by atoms with van der Waals surface area (Å²) in [5.74, 6) is 1.82. The number of nitrogens with zero attached hydrogens (tertiary/aromatic N) is 3. The SMILES string of the molecule is CCCNc1ncnc(N2CCCOC(C)C2)c1Br. The van der Waals surface area contributed by atoms with Gasteiger partial charge >= 0.3 is 0 Å². The lowest BCUT2D eigenvalue weighted by Crippen LogP contribution is -2.31. The highest BCUT2D eigenvalue weighted by Crippen LogP contribution is 2.30. The lowest BCUT2D eigenvalue weighted by molar-refractivity contribution is 0.0820. The average molecular weight is 329 g/mol. The summed E-state index contributed by atoms with van der Waals surface area (Å²) in [6.07, 6.45) is 3.95. The minimum absolute atomic E-state index is 0.233. The van der Waals surface area contributed by atoms with Gasteiger partial charge in [-0.15, -0.1) is 0 Å². The Morgan fingerprint density at radius 1 is 1.53 bits per heavy atom. The van der Waals surface area contributed by atoms with Crippen molar-refractivity contribution in [1.29, 1.82) is 0 Å². The number of anilines is 2. The Hall–Kier alpha value is -0.880. The van der Waals surface area contributed by atoms with Crippen LogP contribution in [0.2, 0.25) is 0 Å². The van der Waals surface area contributed by atoms with Gasteiger partial charge in [0.05, 0.1) is 6.10 Å². The topological polar surface area (TPSA) is 50.3 Å². The van der Waals surface area contributed by atoms with Gasteiger partial charge in [0.15, 0.2) is 0 Å². The zero-order valence-corrected chi connectivity index (χ0v) is 13.1. The average Bonchev–Trinajstić information content (AvgIpc) is 2.62. The highest BCUT2D eigenvalue weighted by atomic mass is 79.9. The molecule has 0 aromatic carbocycles. The zero-order valence-electron chi connectivity index (χ0n) is 11.5. The van der Waals surface area contributed by atoms with Crippen molar-refractivity contribution in [3.05, 3.63) is 10.8 Å². The predicted molar refractivity (Wildman–Crippen MR) is 80.8 cm³/mol. The van der Waals surface area contributed by atoms with E-state index in [9.17, 15) is 0 Å². The summed E-state index contributed by atoms with van der Waals surface area (Å²) in [5.41, 5.74) is 0. The van der Waals surface area contributed by atoms with Gasteiger partial charge < -0.3 is 15.0 Å². The Morgan fingerprint density at radius 2 is 2.37 bits per heavy atom. The van der Waals surface area contributed by atoms with Crippen LogP contribution in [-0.4, -0.2) is 42.3 Å². The van der Waals surface area contributed by atoms with Gasteiger partial charge in [0.2, 0.25) is 0 Å². The first kappa shape index (κ1) is 14.5. The second kappa shape index (κ2) is 7.05. The van der Waals surface area contributed by atoms with Crippen LogP contribution in [0.3, 0.4) is 0 Å². The minimum Gasteiger partial charge on any atom is -0.377 e. The molecule has 1 fully saturated rings. The lowest BCUT2D eigenvalue weighted by atomic mass is 10.3. The summed E-state index contributed by atoms with van der Waals surface area (Å²) in [5, 5.41) is 3.31. The quantitative estimate of drug-likeness (QED) is 0.920. The van der Waals surface area contributed by atoms with Gasteiger partial charge in [-0.05, 0) is 35.7 Å². The second-order valence-electron chi connectivity index (χ2n) is 4.77. The molecule has 0 saturated carbocycles. The molecule has 1 aliphatic heterocycles. The summed E-state index contributed by atoms with van der Waals surface area (Å²) < 4.78 is 6.62. The number of ether oxygens (including phenoxy) is 1. The van der Waals surface area contributed by atoms with Crippen LogP contribution in [-0.2, 0) is 4.74 Å². The minimum atomic E-state index is 0.233. The summed E-state index contributed by atoms with van der Waals surface area (Å²) in [6.45, 7) is 7.80. The Morgan fingerprint density at radius 3 is 3.16 bits per heavy atom. The Kier molecular flexibility index (Phi) is 5.39. The fraction of sp³-hybridized carbons (Fsp3) is 0.692. The van der Waals surface area contributed by atoms with Crippen LogP contribution in [0.15, 0.2) is 10.8 Å². The first-order chi connectivity index (χ1) is 9.22. The number of hydrogen-bond donors (Lipinski definition) is 1. The van der Waals surface area contributed by atoms with E-state index >= 15 is 0 Å². The van der Waals surface area contributed by atoms with E-state index in [2.05, 4.69) is 50.0 Å². The smallest absolute Gasteiger partial charge is 0.148 e. The Balaban J connectivity index is 2.18. The molecule has 2 rings (SSSR count). The summed E-state index contributed by atoms with van der Waals surface area (Å²) >= 11 is 3.62. The summed E-state index contributed by atoms with van der Waals surface area (Å²) in [7, 11) is 0. The molecule has 0 spiro atoms. The molecule has 1 aromatic rings. The third-order valence-electron chi connectivity index (χ3n) is 3.07. The number of hydrogen-bond acceptors (Lipinski definition) is 5. The van der Waals surface area contributed by atoms with Crippen LogP contribution in [0.1, 0.15) is 26.7 Å². The fourth-order valence-electron chi connectivity index (χ4n) is 2.13. The van der Waals surface area contributed by atoms with Crippen molar-refractivity contribution in [3.8, 4) is 0 Å². The summed E-state index contributed by atoms with van der Waals surface area (Å²) in [6, 6.07) is 0. The van der Waals surface area contributed by atoms with E-state index in [-0.39, 0.29) is 6.10 Å². The standard InChI is InChI=1S/C13H21BrN4O/c1-3-5-15-12-11(14)13(17-9-16-12)18-6-4-7-19-10(2)8-18/h9-10H,3-8H2,1-2H3,(H,15,16,17). The Bertz CT molecular complexity index is 416. The molecular formula is C13H21BrN4O. The molecule has 1 atom stereocenters. The molecule has 0 radical (unpaired) electrons. The van der Waals surface area contributed by atoms with Crippen LogP contribution in [0.5, 0.6) is 0 Å².